The van der Waals surface area contributed by atoms with Gasteiger partial charge in [-0.1, -0.05) is 30.3 Å². The van der Waals surface area contributed by atoms with Crippen LogP contribution in [0, 0.1) is 5.82 Å². The molecule has 0 radical (unpaired) electrons. The van der Waals surface area contributed by atoms with Crippen molar-refractivity contribution in [3.05, 3.63) is 71.7 Å². The standard InChI is InChI=1S/C19H16FNO3/c1-23-19(22)17-12-18(15-11-14(20)7-8-16(15)21-17)24-10-9-13-5-3-2-4-6-13/h2-8,11-12H,9-10H2,1H3. The Hall–Kier alpha value is -2.95. The Balaban J connectivity index is 1.89. The molecule has 0 aliphatic heterocycles. The molecule has 0 fully saturated rings. The molecule has 2 aromatic carbocycles. The molecular formula is C19H16FNO3. The van der Waals surface area contributed by atoms with Crippen molar-refractivity contribution in [1.82, 2.24) is 4.98 Å². The Bertz CT molecular complexity index is 865. The number of fused-ring (bicyclic) bond motifs is 1. The molecule has 0 bridgehead atoms. The molecule has 0 N–H and O–H groups in total. The van der Waals surface area contributed by atoms with E-state index in [1.165, 1.54) is 31.4 Å². The first-order valence-corrected chi connectivity index (χ1v) is 7.53. The third-order valence-corrected chi connectivity index (χ3v) is 3.62. The van der Waals surface area contributed by atoms with Crippen LogP contribution in [0.3, 0.4) is 0 Å². The Morgan fingerprint density at radius 3 is 2.67 bits per heavy atom. The summed E-state index contributed by atoms with van der Waals surface area (Å²) >= 11 is 0. The number of hydrogen-bond acceptors (Lipinski definition) is 4. The van der Waals surface area contributed by atoms with E-state index >= 15 is 0 Å². The minimum absolute atomic E-state index is 0.131. The zero-order valence-electron chi connectivity index (χ0n) is 13.2. The molecule has 3 aromatic rings. The molecule has 0 amide bonds. The van der Waals surface area contributed by atoms with E-state index in [2.05, 4.69) is 4.98 Å². The van der Waals surface area contributed by atoms with Crippen molar-refractivity contribution in [2.24, 2.45) is 0 Å². The number of aromatic nitrogens is 1. The number of ether oxygens (including phenoxy) is 2. The lowest BCUT2D eigenvalue weighted by Crippen LogP contribution is -2.07. The fourth-order valence-corrected chi connectivity index (χ4v) is 2.42. The predicted molar refractivity (Wildman–Crippen MR) is 88.7 cm³/mol. The molecule has 0 aliphatic carbocycles. The summed E-state index contributed by atoms with van der Waals surface area (Å²) in [5, 5.41) is 0.524. The number of rotatable bonds is 5. The highest BCUT2D eigenvalue weighted by molar-refractivity contribution is 5.94. The predicted octanol–water partition coefficient (Wildman–Crippen LogP) is 3.78. The molecule has 0 aliphatic rings. The lowest BCUT2D eigenvalue weighted by Gasteiger charge is -2.11. The summed E-state index contributed by atoms with van der Waals surface area (Å²) in [7, 11) is 1.29. The van der Waals surface area contributed by atoms with Crippen LogP contribution in [0.5, 0.6) is 5.75 Å². The SMILES string of the molecule is COC(=O)c1cc(OCCc2ccccc2)c2cc(F)ccc2n1. The van der Waals surface area contributed by atoms with Gasteiger partial charge in [0.05, 0.1) is 19.2 Å². The molecule has 122 valence electrons. The summed E-state index contributed by atoms with van der Waals surface area (Å²) in [5.41, 5.74) is 1.75. The van der Waals surface area contributed by atoms with Crippen molar-refractivity contribution in [3.8, 4) is 5.75 Å². The Morgan fingerprint density at radius 2 is 1.92 bits per heavy atom. The second-order valence-corrected chi connectivity index (χ2v) is 5.24. The Labute approximate surface area is 138 Å². The first-order valence-electron chi connectivity index (χ1n) is 7.53. The minimum Gasteiger partial charge on any atom is -0.492 e. The zero-order valence-corrected chi connectivity index (χ0v) is 13.2. The Kier molecular flexibility index (Phi) is 4.70. The molecule has 24 heavy (non-hydrogen) atoms. The lowest BCUT2D eigenvalue weighted by atomic mass is 10.1. The average molecular weight is 325 g/mol. The van der Waals surface area contributed by atoms with Gasteiger partial charge in [0.2, 0.25) is 0 Å². The van der Waals surface area contributed by atoms with E-state index in [1.54, 1.807) is 0 Å². The zero-order chi connectivity index (χ0) is 16.9. The third kappa shape index (κ3) is 3.51. The van der Waals surface area contributed by atoms with E-state index in [4.69, 9.17) is 9.47 Å². The van der Waals surface area contributed by atoms with E-state index in [-0.39, 0.29) is 11.5 Å². The highest BCUT2D eigenvalue weighted by Crippen LogP contribution is 2.27. The Morgan fingerprint density at radius 1 is 1.12 bits per heavy atom. The maximum Gasteiger partial charge on any atom is 0.356 e. The van der Waals surface area contributed by atoms with Gasteiger partial charge < -0.3 is 9.47 Å². The number of pyridine rings is 1. The van der Waals surface area contributed by atoms with Gasteiger partial charge in [0.15, 0.2) is 5.69 Å². The molecule has 0 atom stereocenters. The van der Waals surface area contributed by atoms with Gasteiger partial charge in [-0.2, -0.15) is 0 Å². The van der Waals surface area contributed by atoms with Gasteiger partial charge in [-0.05, 0) is 23.8 Å². The smallest absolute Gasteiger partial charge is 0.356 e. The summed E-state index contributed by atoms with van der Waals surface area (Å²) in [4.78, 5) is 15.9. The molecule has 3 rings (SSSR count). The number of hydrogen-bond donors (Lipinski definition) is 0. The number of esters is 1. The van der Waals surface area contributed by atoms with Gasteiger partial charge in [0.25, 0.3) is 0 Å². The monoisotopic (exact) mass is 325 g/mol. The molecule has 4 nitrogen and oxygen atoms in total. The largest absolute Gasteiger partial charge is 0.492 e. The number of carbonyl (C=O) groups excluding carboxylic acids is 1. The van der Waals surface area contributed by atoms with Crippen LogP contribution in [0.25, 0.3) is 10.9 Å². The number of nitrogens with zero attached hydrogens (tertiary/aromatic N) is 1. The summed E-state index contributed by atoms with van der Waals surface area (Å²) in [6.45, 7) is 0.403. The molecule has 5 heteroatoms. The second-order valence-electron chi connectivity index (χ2n) is 5.24. The van der Waals surface area contributed by atoms with Crippen molar-refractivity contribution in [2.45, 2.75) is 6.42 Å². The minimum atomic E-state index is -0.561. The molecule has 1 heterocycles. The number of carbonyl (C=O) groups is 1. The van der Waals surface area contributed by atoms with Crippen molar-refractivity contribution >= 4 is 16.9 Å². The van der Waals surface area contributed by atoms with Crippen molar-refractivity contribution in [1.29, 1.82) is 0 Å². The average Bonchev–Trinajstić information content (AvgIpc) is 2.62. The van der Waals surface area contributed by atoms with Crippen LogP contribution in [0.4, 0.5) is 4.39 Å². The van der Waals surface area contributed by atoms with Crippen LogP contribution >= 0.6 is 0 Å². The number of benzene rings is 2. The van der Waals surface area contributed by atoms with E-state index in [9.17, 15) is 9.18 Å². The normalized spacial score (nSPS) is 10.6. The number of methoxy groups -OCH3 is 1. The van der Waals surface area contributed by atoms with Gasteiger partial charge in [-0.3, -0.25) is 0 Å². The van der Waals surface area contributed by atoms with Crippen molar-refractivity contribution in [2.75, 3.05) is 13.7 Å². The summed E-state index contributed by atoms with van der Waals surface area (Å²) in [5.74, 6) is -0.534. The highest BCUT2D eigenvalue weighted by atomic mass is 19.1. The van der Waals surface area contributed by atoms with Gasteiger partial charge in [0, 0.05) is 17.9 Å². The van der Waals surface area contributed by atoms with Crippen molar-refractivity contribution in [3.63, 3.8) is 0 Å². The highest BCUT2D eigenvalue weighted by Gasteiger charge is 2.14. The summed E-state index contributed by atoms with van der Waals surface area (Å²) in [6.07, 6.45) is 0.702. The summed E-state index contributed by atoms with van der Waals surface area (Å²) < 4.78 is 24.1. The number of halogens is 1. The van der Waals surface area contributed by atoms with Gasteiger partial charge in [-0.25, -0.2) is 14.2 Å². The maximum absolute atomic E-state index is 13.6. The van der Waals surface area contributed by atoms with E-state index in [0.29, 0.717) is 29.7 Å². The topological polar surface area (TPSA) is 48.4 Å². The molecule has 0 saturated heterocycles. The van der Waals surface area contributed by atoms with Gasteiger partial charge in [-0.15, -0.1) is 0 Å². The van der Waals surface area contributed by atoms with E-state index < -0.39 is 5.97 Å². The van der Waals surface area contributed by atoms with Crippen LogP contribution in [0.15, 0.2) is 54.6 Å². The second kappa shape index (κ2) is 7.08. The lowest BCUT2D eigenvalue weighted by molar-refractivity contribution is 0.0594. The van der Waals surface area contributed by atoms with Crippen LogP contribution in [0.2, 0.25) is 0 Å². The molecule has 0 saturated carbocycles. The van der Waals surface area contributed by atoms with Gasteiger partial charge in [0.1, 0.15) is 11.6 Å². The van der Waals surface area contributed by atoms with Crippen molar-refractivity contribution < 1.29 is 18.7 Å². The van der Waals surface area contributed by atoms with Crippen LogP contribution in [0.1, 0.15) is 16.1 Å². The van der Waals surface area contributed by atoms with Crippen LogP contribution < -0.4 is 4.74 Å². The molecule has 1 aromatic heterocycles. The van der Waals surface area contributed by atoms with Crippen LogP contribution in [-0.2, 0) is 11.2 Å². The molecule has 0 unspecified atom stereocenters. The van der Waals surface area contributed by atoms with Gasteiger partial charge >= 0.3 is 5.97 Å². The quantitative estimate of drug-likeness (QED) is 0.670. The third-order valence-electron chi connectivity index (χ3n) is 3.62. The fourth-order valence-electron chi connectivity index (χ4n) is 2.42. The first-order chi connectivity index (χ1) is 11.7. The van der Waals surface area contributed by atoms with Crippen LogP contribution in [-0.4, -0.2) is 24.7 Å². The summed E-state index contributed by atoms with van der Waals surface area (Å²) in [6, 6.07) is 15.5. The fraction of sp³-hybridized carbons (Fsp3) is 0.158. The molecular weight excluding hydrogens is 309 g/mol. The molecule has 0 spiro atoms. The first kappa shape index (κ1) is 15.9. The maximum atomic E-state index is 13.6. The van der Waals surface area contributed by atoms with E-state index in [1.807, 2.05) is 30.3 Å². The van der Waals surface area contributed by atoms with E-state index in [0.717, 1.165) is 5.56 Å².